The summed E-state index contributed by atoms with van der Waals surface area (Å²) in [6.07, 6.45) is 2.02. The Hall–Kier alpha value is -0.970. The Bertz CT molecular complexity index is 432. The molecule has 1 atom stereocenters. The van der Waals surface area contributed by atoms with Gasteiger partial charge < -0.3 is 4.74 Å². The van der Waals surface area contributed by atoms with Crippen LogP contribution in [0, 0.1) is 0 Å². The van der Waals surface area contributed by atoms with E-state index in [0.29, 0.717) is 6.42 Å². The summed E-state index contributed by atoms with van der Waals surface area (Å²) in [5.41, 5.74) is 0.189. The van der Waals surface area contributed by atoms with E-state index in [1.165, 1.54) is 24.3 Å². The van der Waals surface area contributed by atoms with E-state index in [-0.39, 0.29) is 17.7 Å². The summed E-state index contributed by atoms with van der Waals surface area (Å²) in [5.74, 6) is -3.45. The quantitative estimate of drug-likeness (QED) is 0.517. The van der Waals surface area contributed by atoms with Crippen LogP contribution >= 0.6 is 15.9 Å². The molecule has 0 radical (unpaired) electrons. The molecular formula is C15H19BrF2O2. The summed E-state index contributed by atoms with van der Waals surface area (Å²) in [5, 5.41) is 0. The van der Waals surface area contributed by atoms with E-state index in [9.17, 15) is 13.6 Å². The lowest BCUT2D eigenvalue weighted by Gasteiger charge is -2.22. The van der Waals surface area contributed by atoms with Crippen LogP contribution in [0.3, 0.4) is 0 Å². The van der Waals surface area contributed by atoms with Crippen molar-refractivity contribution in [2.24, 2.45) is 0 Å². The maximum atomic E-state index is 14.2. The van der Waals surface area contributed by atoms with Gasteiger partial charge in [-0.05, 0) is 25.5 Å². The SMILES string of the molecule is CCCC[C@@H](Br)C(F)(F)c1ccc(C(=O)OCC)cc1. The van der Waals surface area contributed by atoms with Crippen LogP contribution < -0.4 is 0 Å². The second-order valence-electron chi connectivity index (χ2n) is 4.53. The number of halogens is 3. The van der Waals surface area contributed by atoms with Crippen molar-refractivity contribution in [3.63, 3.8) is 0 Å². The molecule has 0 aliphatic carbocycles. The van der Waals surface area contributed by atoms with Crippen LogP contribution in [-0.4, -0.2) is 17.4 Å². The summed E-state index contributed by atoms with van der Waals surface area (Å²) in [7, 11) is 0. The number of esters is 1. The lowest BCUT2D eigenvalue weighted by molar-refractivity contribution is -0.00690. The number of hydrogen-bond donors (Lipinski definition) is 0. The Labute approximate surface area is 126 Å². The van der Waals surface area contributed by atoms with Gasteiger partial charge in [-0.15, -0.1) is 0 Å². The molecule has 0 heterocycles. The second-order valence-corrected chi connectivity index (χ2v) is 5.64. The van der Waals surface area contributed by atoms with Crippen molar-refractivity contribution in [2.45, 2.75) is 43.9 Å². The Morgan fingerprint density at radius 2 is 1.90 bits per heavy atom. The maximum Gasteiger partial charge on any atom is 0.338 e. The molecule has 0 bridgehead atoms. The molecule has 1 aromatic carbocycles. The smallest absolute Gasteiger partial charge is 0.338 e. The van der Waals surface area contributed by atoms with Crippen LogP contribution in [0.15, 0.2) is 24.3 Å². The van der Waals surface area contributed by atoms with Crippen molar-refractivity contribution in [1.29, 1.82) is 0 Å². The summed E-state index contributed by atoms with van der Waals surface area (Å²) in [6.45, 7) is 3.92. The number of benzene rings is 1. The van der Waals surface area contributed by atoms with Crippen LogP contribution in [0.5, 0.6) is 0 Å². The fourth-order valence-electron chi connectivity index (χ4n) is 1.79. The number of carbonyl (C=O) groups excluding carboxylic acids is 1. The predicted octanol–water partition coefficient (Wildman–Crippen LogP) is 4.91. The summed E-state index contributed by atoms with van der Waals surface area (Å²) >= 11 is 3.07. The molecule has 1 aromatic rings. The number of ether oxygens (including phenoxy) is 1. The van der Waals surface area contributed by atoms with Crippen LogP contribution in [0.25, 0.3) is 0 Å². The van der Waals surface area contributed by atoms with Gasteiger partial charge in [0.2, 0.25) is 0 Å². The van der Waals surface area contributed by atoms with E-state index in [2.05, 4.69) is 15.9 Å². The van der Waals surface area contributed by atoms with Crippen molar-refractivity contribution >= 4 is 21.9 Å². The predicted molar refractivity (Wildman–Crippen MR) is 78.5 cm³/mol. The van der Waals surface area contributed by atoms with Crippen molar-refractivity contribution in [2.75, 3.05) is 6.61 Å². The van der Waals surface area contributed by atoms with Gasteiger partial charge in [0.1, 0.15) is 0 Å². The monoisotopic (exact) mass is 348 g/mol. The minimum Gasteiger partial charge on any atom is -0.462 e. The molecule has 112 valence electrons. The van der Waals surface area contributed by atoms with Gasteiger partial charge in [0, 0.05) is 5.56 Å². The molecule has 0 aliphatic heterocycles. The molecule has 0 fully saturated rings. The van der Waals surface area contributed by atoms with Gasteiger partial charge in [-0.2, -0.15) is 0 Å². The minimum atomic E-state index is -2.96. The summed E-state index contributed by atoms with van der Waals surface area (Å²) in [4.78, 5) is 10.6. The number of unbranched alkanes of at least 4 members (excludes halogenated alkanes) is 1. The van der Waals surface area contributed by atoms with Crippen molar-refractivity contribution in [3.8, 4) is 0 Å². The summed E-state index contributed by atoms with van der Waals surface area (Å²) in [6, 6.07) is 5.32. The zero-order valence-corrected chi connectivity index (χ0v) is 13.3. The molecule has 0 N–H and O–H groups in total. The first-order valence-electron chi connectivity index (χ1n) is 6.73. The number of rotatable bonds is 7. The third kappa shape index (κ3) is 4.27. The lowest BCUT2D eigenvalue weighted by atomic mass is 10.0. The van der Waals surface area contributed by atoms with E-state index in [4.69, 9.17) is 4.74 Å². The van der Waals surface area contributed by atoms with Crippen molar-refractivity contribution in [3.05, 3.63) is 35.4 Å². The molecule has 2 nitrogen and oxygen atoms in total. The van der Waals surface area contributed by atoms with Gasteiger partial charge in [-0.1, -0.05) is 47.8 Å². The zero-order chi connectivity index (χ0) is 15.2. The fourth-order valence-corrected chi connectivity index (χ4v) is 2.38. The van der Waals surface area contributed by atoms with E-state index >= 15 is 0 Å². The number of hydrogen-bond acceptors (Lipinski definition) is 2. The molecule has 0 saturated heterocycles. The van der Waals surface area contributed by atoms with E-state index in [1.54, 1.807) is 6.92 Å². The first kappa shape index (κ1) is 17.1. The first-order chi connectivity index (χ1) is 9.43. The summed E-state index contributed by atoms with van der Waals surface area (Å²) < 4.78 is 33.2. The number of carbonyl (C=O) groups is 1. The Kier molecular flexibility index (Phi) is 6.59. The normalized spacial score (nSPS) is 13.1. The third-order valence-electron chi connectivity index (χ3n) is 2.99. The van der Waals surface area contributed by atoms with E-state index in [0.717, 1.165) is 12.8 Å². The molecule has 5 heteroatoms. The lowest BCUT2D eigenvalue weighted by Crippen LogP contribution is -2.26. The molecule has 0 spiro atoms. The zero-order valence-electron chi connectivity index (χ0n) is 11.7. The van der Waals surface area contributed by atoms with Gasteiger partial charge >= 0.3 is 5.97 Å². The molecule has 0 aromatic heterocycles. The van der Waals surface area contributed by atoms with Gasteiger partial charge in [-0.3, -0.25) is 0 Å². The Balaban J connectivity index is 2.83. The van der Waals surface area contributed by atoms with Crippen LogP contribution in [-0.2, 0) is 10.7 Å². The standard InChI is InChI=1S/C15H19BrF2O2/c1-3-5-6-13(16)15(17,18)12-9-7-11(8-10-12)14(19)20-4-2/h7-10,13H,3-6H2,1-2H3/t13-/m1/s1. The topological polar surface area (TPSA) is 26.3 Å². The molecule has 20 heavy (non-hydrogen) atoms. The van der Waals surface area contributed by atoms with Crippen molar-refractivity contribution in [1.82, 2.24) is 0 Å². The van der Waals surface area contributed by atoms with Gasteiger partial charge in [-0.25, -0.2) is 13.6 Å². The highest BCUT2D eigenvalue weighted by atomic mass is 79.9. The molecule has 0 aliphatic rings. The van der Waals surface area contributed by atoms with Crippen molar-refractivity contribution < 1.29 is 18.3 Å². The van der Waals surface area contributed by atoms with Gasteiger partial charge in [0.15, 0.2) is 0 Å². The highest BCUT2D eigenvalue weighted by Gasteiger charge is 2.39. The maximum absolute atomic E-state index is 14.2. The molecule has 0 saturated carbocycles. The molecule has 0 unspecified atom stereocenters. The average molecular weight is 349 g/mol. The molecule has 0 amide bonds. The van der Waals surface area contributed by atoms with Gasteiger partial charge in [0.05, 0.1) is 17.0 Å². The average Bonchev–Trinajstić information content (AvgIpc) is 2.45. The van der Waals surface area contributed by atoms with Crippen LogP contribution in [0.2, 0.25) is 0 Å². The van der Waals surface area contributed by atoms with E-state index < -0.39 is 16.7 Å². The van der Waals surface area contributed by atoms with Crippen LogP contribution in [0.4, 0.5) is 8.78 Å². The Morgan fingerprint density at radius 3 is 2.40 bits per heavy atom. The minimum absolute atomic E-state index is 0.0940. The molecular weight excluding hydrogens is 330 g/mol. The largest absolute Gasteiger partial charge is 0.462 e. The van der Waals surface area contributed by atoms with Crippen LogP contribution in [0.1, 0.15) is 49.0 Å². The molecule has 1 rings (SSSR count). The Morgan fingerprint density at radius 1 is 1.30 bits per heavy atom. The highest BCUT2D eigenvalue weighted by molar-refractivity contribution is 9.09. The van der Waals surface area contributed by atoms with E-state index in [1.807, 2.05) is 6.92 Å². The first-order valence-corrected chi connectivity index (χ1v) is 7.64. The third-order valence-corrected chi connectivity index (χ3v) is 4.02. The van der Waals surface area contributed by atoms with Gasteiger partial charge in [0.25, 0.3) is 5.92 Å². The number of alkyl halides is 3. The highest BCUT2D eigenvalue weighted by Crippen LogP contribution is 2.38. The fraction of sp³-hybridized carbons (Fsp3) is 0.533. The second kappa shape index (κ2) is 7.72.